The third-order valence-corrected chi connectivity index (χ3v) is 5.19. The molecule has 1 fully saturated rings. The number of hydrogen-bond donors (Lipinski definition) is 1. The van der Waals surface area contributed by atoms with E-state index in [0.29, 0.717) is 24.8 Å². The quantitative estimate of drug-likeness (QED) is 0.587. The van der Waals surface area contributed by atoms with Gasteiger partial charge in [0.05, 0.1) is 22.4 Å². The van der Waals surface area contributed by atoms with Gasteiger partial charge in [0.1, 0.15) is 0 Å². The Bertz CT molecular complexity index is 977. The average molecular weight is 391 g/mol. The summed E-state index contributed by atoms with van der Waals surface area (Å²) in [5, 5.41) is 20.0. The van der Waals surface area contributed by atoms with Crippen LogP contribution in [-0.4, -0.2) is 44.0 Å². The molecule has 2 atom stereocenters. The van der Waals surface area contributed by atoms with Crippen molar-refractivity contribution in [2.24, 2.45) is 5.92 Å². The number of non-ortho nitro benzene ring substituents is 1. The highest BCUT2D eigenvalue weighted by molar-refractivity contribution is 5.78. The van der Waals surface area contributed by atoms with E-state index in [4.69, 9.17) is 4.42 Å². The Morgan fingerprint density at radius 3 is 2.79 bits per heavy atom. The molecular weight excluding hydrogens is 370 g/mol. The molecule has 10 heteroatoms. The number of likely N-dealkylation sites (tertiary alicyclic amines) is 1. The lowest BCUT2D eigenvalue weighted by molar-refractivity contribution is -0.384. The molecule has 1 amide bonds. The molecule has 0 spiro atoms. The third-order valence-electron chi connectivity index (χ3n) is 5.19. The zero-order valence-corrected chi connectivity index (χ0v) is 15.4. The number of benzene rings is 1. The van der Waals surface area contributed by atoms with Gasteiger partial charge in [-0.2, -0.15) is 0 Å². The predicted octanol–water partition coefficient (Wildman–Crippen LogP) is 1.99. The molecule has 28 heavy (non-hydrogen) atoms. The van der Waals surface area contributed by atoms with E-state index < -0.39 is 22.6 Å². The minimum Gasteiger partial charge on any atom is -0.481 e. The molecule has 1 aliphatic rings. The van der Waals surface area contributed by atoms with Crippen LogP contribution in [0.4, 0.5) is 5.69 Å². The number of carbonyl (C=O) groups is 2. The molecule has 2 heterocycles. The number of carboxylic acids is 1. The van der Waals surface area contributed by atoms with Crippen molar-refractivity contribution in [3.05, 3.63) is 38.9 Å². The SMILES string of the molecule is CC1CCC(C(=O)O)CN1C(=O)CCCn1c(=O)oc2cc([N+](=O)[O-])ccc21. The number of piperidine rings is 1. The molecule has 1 saturated heterocycles. The number of rotatable bonds is 6. The smallest absolute Gasteiger partial charge is 0.419 e. The van der Waals surface area contributed by atoms with Crippen LogP contribution in [0.1, 0.15) is 32.6 Å². The van der Waals surface area contributed by atoms with Crippen molar-refractivity contribution >= 4 is 28.7 Å². The molecule has 2 unspecified atom stereocenters. The van der Waals surface area contributed by atoms with Gasteiger partial charge in [0, 0.05) is 31.6 Å². The van der Waals surface area contributed by atoms with Crippen molar-refractivity contribution in [2.75, 3.05) is 6.54 Å². The summed E-state index contributed by atoms with van der Waals surface area (Å²) in [6.07, 6.45) is 1.74. The number of fused-ring (bicyclic) bond motifs is 1. The number of nitrogens with zero attached hydrogens (tertiary/aromatic N) is 3. The normalized spacial score (nSPS) is 19.7. The van der Waals surface area contributed by atoms with Gasteiger partial charge in [-0.3, -0.25) is 24.3 Å². The Morgan fingerprint density at radius 2 is 2.11 bits per heavy atom. The van der Waals surface area contributed by atoms with Crippen LogP contribution < -0.4 is 5.76 Å². The van der Waals surface area contributed by atoms with Gasteiger partial charge >= 0.3 is 11.7 Å². The number of nitro groups is 1. The van der Waals surface area contributed by atoms with Crippen LogP contribution in [-0.2, 0) is 16.1 Å². The standard InChI is InChI=1S/C18H21N3O7/c1-11-4-5-12(17(23)24)10-20(11)16(22)3-2-8-19-14-7-6-13(21(26)27)9-15(14)28-18(19)25/h6-7,9,11-12H,2-5,8,10H2,1H3,(H,23,24). The Labute approximate surface area is 159 Å². The number of amides is 1. The monoisotopic (exact) mass is 391 g/mol. The molecule has 0 radical (unpaired) electrons. The lowest BCUT2D eigenvalue weighted by Crippen LogP contribution is -2.47. The average Bonchev–Trinajstić information content (AvgIpc) is 2.96. The lowest BCUT2D eigenvalue weighted by Gasteiger charge is -2.36. The van der Waals surface area contributed by atoms with E-state index in [1.807, 2.05) is 6.92 Å². The second-order valence-electron chi connectivity index (χ2n) is 7.04. The van der Waals surface area contributed by atoms with Crippen LogP contribution in [0.5, 0.6) is 0 Å². The predicted molar refractivity (Wildman–Crippen MR) is 97.9 cm³/mol. The number of hydrogen-bond acceptors (Lipinski definition) is 6. The summed E-state index contributed by atoms with van der Waals surface area (Å²) in [4.78, 5) is 47.6. The zero-order valence-electron chi connectivity index (χ0n) is 15.4. The summed E-state index contributed by atoms with van der Waals surface area (Å²) in [5.74, 6) is -2.22. The Balaban J connectivity index is 1.65. The summed E-state index contributed by atoms with van der Waals surface area (Å²) < 4.78 is 6.40. The van der Waals surface area contributed by atoms with Crippen molar-refractivity contribution in [3.63, 3.8) is 0 Å². The number of nitro benzene ring substituents is 1. The molecule has 1 aromatic carbocycles. The van der Waals surface area contributed by atoms with E-state index in [1.165, 1.54) is 22.8 Å². The highest BCUT2D eigenvalue weighted by Crippen LogP contribution is 2.24. The van der Waals surface area contributed by atoms with Gasteiger partial charge in [-0.15, -0.1) is 0 Å². The van der Waals surface area contributed by atoms with Gasteiger partial charge in [0.25, 0.3) is 5.69 Å². The fourth-order valence-electron chi connectivity index (χ4n) is 3.57. The second-order valence-corrected chi connectivity index (χ2v) is 7.04. The molecule has 1 N–H and O–H groups in total. The van der Waals surface area contributed by atoms with Crippen LogP contribution in [0.25, 0.3) is 11.1 Å². The fraction of sp³-hybridized carbons (Fsp3) is 0.500. The molecule has 10 nitrogen and oxygen atoms in total. The second kappa shape index (κ2) is 7.83. The van der Waals surface area contributed by atoms with E-state index in [-0.39, 0.29) is 42.7 Å². The van der Waals surface area contributed by atoms with E-state index >= 15 is 0 Å². The van der Waals surface area contributed by atoms with Crippen LogP contribution >= 0.6 is 0 Å². The highest BCUT2D eigenvalue weighted by Gasteiger charge is 2.32. The van der Waals surface area contributed by atoms with Crippen molar-refractivity contribution in [1.82, 2.24) is 9.47 Å². The molecule has 0 saturated carbocycles. The van der Waals surface area contributed by atoms with Gasteiger partial charge in [-0.25, -0.2) is 4.79 Å². The number of aliphatic carboxylic acids is 1. The Hall–Kier alpha value is -3.17. The van der Waals surface area contributed by atoms with Crippen molar-refractivity contribution in [2.45, 2.75) is 45.2 Å². The number of aryl methyl sites for hydroxylation is 1. The van der Waals surface area contributed by atoms with Crippen molar-refractivity contribution < 1.29 is 24.0 Å². The first-order valence-corrected chi connectivity index (χ1v) is 9.08. The molecule has 0 aliphatic carbocycles. The first-order valence-electron chi connectivity index (χ1n) is 9.08. The molecule has 2 aromatic rings. The van der Waals surface area contributed by atoms with Crippen molar-refractivity contribution in [3.8, 4) is 0 Å². The topological polar surface area (TPSA) is 136 Å². The van der Waals surface area contributed by atoms with Crippen LogP contribution in [0.15, 0.2) is 27.4 Å². The van der Waals surface area contributed by atoms with Gasteiger partial charge in [-0.1, -0.05) is 0 Å². The number of carboxylic acid groups (broad SMARTS) is 1. The van der Waals surface area contributed by atoms with Crippen LogP contribution in [0, 0.1) is 16.0 Å². The molecule has 0 bridgehead atoms. The maximum absolute atomic E-state index is 12.5. The largest absolute Gasteiger partial charge is 0.481 e. The fourth-order valence-corrected chi connectivity index (χ4v) is 3.57. The number of aromatic nitrogens is 1. The summed E-state index contributed by atoms with van der Waals surface area (Å²) in [6, 6.07) is 3.92. The van der Waals surface area contributed by atoms with E-state index in [2.05, 4.69) is 0 Å². The van der Waals surface area contributed by atoms with Gasteiger partial charge < -0.3 is 14.4 Å². The van der Waals surface area contributed by atoms with E-state index in [1.54, 1.807) is 4.90 Å². The summed E-state index contributed by atoms with van der Waals surface area (Å²) in [6.45, 7) is 2.32. The zero-order chi connectivity index (χ0) is 20.4. The number of oxazole rings is 1. The van der Waals surface area contributed by atoms with E-state index in [0.717, 1.165) is 0 Å². The maximum atomic E-state index is 12.5. The van der Waals surface area contributed by atoms with Gasteiger partial charge in [0.2, 0.25) is 5.91 Å². The molecular formula is C18H21N3O7. The minimum atomic E-state index is -0.893. The lowest BCUT2D eigenvalue weighted by atomic mass is 9.93. The third kappa shape index (κ3) is 3.90. The van der Waals surface area contributed by atoms with Crippen LogP contribution in [0.2, 0.25) is 0 Å². The molecule has 3 rings (SSSR count). The molecule has 1 aromatic heterocycles. The molecule has 1 aliphatic heterocycles. The van der Waals surface area contributed by atoms with E-state index in [9.17, 15) is 29.6 Å². The number of carbonyl (C=O) groups excluding carboxylic acids is 1. The van der Waals surface area contributed by atoms with Gasteiger partial charge in [-0.05, 0) is 32.3 Å². The minimum absolute atomic E-state index is 0.0128. The first-order chi connectivity index (χ1) is 13.3. The van der Waals surface area contributed by atoms with Gasteiger partial charge in [0.15, 0.2) is 5.58 Å². The van der Waals surface area contributed by atoms with Crippen LogP contribution in [0.3, 0.4) is 0 Å². The highest BCUT2D eigenvalue weighted by atomic mass is 16.6. The molecule has 150 valence electrons. The summed E-state index contributed by atoms with van der Waals surface area (Å²) >= 11 is 0. The Kier molecular flexibility index (Phi) is 5.48. The Morgan fingerprint density at radius 1 is 1.36 bits per heavy atom. The maximum Gasteiger partial charge on any atom is 0.419 e. The first kappa shape index (κ1) is 19.6. The summed E-state index contributed by atoms with van der Waals surface area (Å²) in [5.41, 5.74) is 0.385. The summed E-state index contributed by atoms with van der Waals surface area (Å²) in [7, 11) is 0. The van der Waals surface area contributed by atoms with Crippen molar-refractivity contribution in [1.29, 1.82) is 0 Å².